The monoisotopic (exact) mass is 275 g/mol. The number of thiazole rings is 1. The third-order valence-electron chi connectivity index (χ3n) is 2.79. The van der Waals surface area contributed by atoms with E-state index in [0.717, 1.165) is 22.7 Å². The van der Waals surface area contributed by atoms with Crippen molar-refractivity contribution < 1.29 is 9.53 Å². The summed E-state index contributed by atoms with van der Waals surface area (Å²) >= 11 is 1.56. The molecule has 0 aliphatic rings. The number of carbonyl (C=O) groups excluding carboxylic acids is 1. The molecule has 0 atom stereocenters. The van der Waals surface area contributed by atoms with E-state index in [0.29, 0.717) is 6.61 Å². The van der Waals surface area contributed by atoms with E-state index in [9.17, 15) is 4.79 Å². The third-order valence-corrected chi connectivity index (χ3v) is 3.73. The largest absolute Gasteiger partial charge is 0.466 e. The lowest BCUT2D eigenvalue weighted by Gasteiger charge is -1.99. The first kappa shape index (κ1) is 13.7. The lowest BCUT2D eigenvalue weighted by Crippen LogP contribution is -2.07. The van der Waals surface area contributed by atoms with Crippen LogP contribution in [0.2, 0.25) is 0 Å². The molecule has 0 radical (unpaired) electrons. The van der Waals surface area contributed by atoms with Crippen LogP contribution >= 0.6 is 11.3 Å². The highest BCUT2D eigenvalue weighted by molar-refractivity contribution is 7.13. The Kier molecular flexibility index (Phi) is 4.68. The van der Waals surface area contributed by atoms with Crippen molar-refractivity contribution in [3.8, 4) is 10.6 Å². The Morgan fingerprint density at radius 1 is 1.26 bits per heavy atom. The van der Waals surface area contributed by atoms with Gasteiger partial charge in [-0.05, 0) is 18.9 Å². The standard InChI is InChI=1S/C15H17NO2S/c1-3-11-5-7-12(8-6-11)15-16-13(10-19-15)9-14(17)18-4-2/h5-8,10H,3-4,9H2,1-2H3. The first-order valence-electron chi connectivity index (χ1n) is 6.42. The zero-order chi connectivity index (χ0) is 13.7. The molecule has 0 saturated carbocycles. The van der Waals surface area contributed by atoms with E-state index in [1.54, 1.807) is 18.3 Å². The van der Waals surface area contributed by atoms with Crippen LogP contribution in [-0.2, 0) is 22.4 Å². The molecule has 0 unspecified atom stereocenters. The first-order chi connectivity index (χ1) is 9.22. The fourth-order valence-corrected chi connectivity index (χ4v) is 2.59. The van der Waals surface area contributed by atoms with Gasteiger partial charge in [0, 0.05) is 10.9 Å². The summed E-state index contributed by atoms with van der Waals surface area (Å²) in [7, 11) is 0. The van der Waals surface area contributed by atoms with Crippen molar-refractivity contribution in [1.82, 2.24) is 4.98 Å². The van der Waals surface area contributed by atoms with Gasteiger partial charge in [0.05, 0.1) is 18.7 Å². The van der Waals surface area contributed by atoms with Gasteiger partial charge in [-0.25, -0.2) is 4.98 Å². The second-order valence-electron chi connectivity index (χ2n) is 4.18. The highest BCUT2D eigenvalue weighted by Crippen LogP contribution is 2.24. The topological polar surface area (TPSA) is 39.2 Å². The van der Waals surface area contributed by atoms with Crippen LogP contribution in [0.3, 0.4) is 0 Å². The third kappa shape index (κ3) is 3.64. The molecule has 1 aromatic carbocycles. The Morgan fingerprint density at radius 3 is 2.63 bits per heavy atom. The number of rotatable bonds is 5. The molecule has 0 aliphatic heterocycles. The van der Waals surface area contributed by atoms with Gasteiger partial charge in [0.2, 0.25) is 0 Å². The Morgan fingerprint density at radius 2 is 2.00 bits per heavy atom. The Hall–Kier alpha value is -1.68. The van der Waals surface area contributed by atoms with Gasteiger partial charge in [-0.15, -0.1) is 11.3 Å². The second kappa shape index (κ2) is 6.48. The van der Waals surface area contributed by atoms with Crippen molar-refractivity contribution in [2.75, 3.05) is 6.61 Å². The second-order valence-corrected chi connectivity index (χ2v) is 5.03. The predicted octanol–water partition coefficient (Wildman–Crippen LogP) is 3.48. The summed E-state index contributed by atoms with van der Waals surface area (Å²) in [6.45, 7) is 4.35. The normalized spacial score (nSPS) is 10.4. The van der Waals surface area contributed by atoms with E-state index in [1.807, 2.05) is 5.38 Å². The minimum absolute atomic E-state index is 0.222. The van der Waals surface area contributed by atoms with E-state index in [2.05, 4.69) is 36.2 Å². The molecule has 1 heterocycles. The Labute approximate surface area is 117 Å². The molecule has 0 saturated heterocycles. The highest BCUT2D eigenvalue weighted by Gasteiger charge is 2.09. The number of nitrogens with zero attached hydrogens (tertiary/aromatic N) is 1. The molecule has 0 aliphatic carbocycles. The number of ether oxygens (including phenoxy) is 1. The van der Waals surface area contributed by atoms with Crippen LogP contribution in [0.1, 0.15) is 25.1 Å². The summed E-state index contributed by atoms with van der Waals surface area (Å²) in [5.74, 6) is -0.222. The van der Waals surface area contributed by atoms with Gasteiger partial charge >= 0.3 is 5.97 Å². The van der Waals surface area contributed by atoms with Crippen molar-refractivity contribution in [1.29, 1.82) is 0 Å². The van der Waals surface area contributed by atoms with Crippen molar-refractivity contribution in [2.24, 2.45) is 0 Å². The molecular weight excluding hydrogens is 258 g/mol. The van der Waals surface area contributed by atoms with Crippen molar-refractivity contribution >= 4 is 17.3 Å². The molecule has 2 aromatic rings. The number of carbonyl (C=O) groups is 1. The highest BCUT2D eigenvalue weighted by atomic mass is 32.1. The Bertz CT molecular complexity index is 546. The van der Waals surface area contributed by atoms with Gasteiger partial charge in [0.15, 0.2) is 0 Å². The lowest BCUT2D eigenvalue weighted by molar-refractivity contribution is -0.142. The average Bonchev–Trinajstić information content (AvgIpc) is 2.87. The summed E-state index contributed by atoms with van der Waals surface area (Å²) in [5, 5.41) is 2.86. The molecule has 0 amide bonds. The van der Waals surface area contributed by atoms with Crippen LogP contribution in [0.15, 0.2) is 29.6 Å². The van der Waals surface area contributed by atoms with Gasteiger partial charge in [-0.3, -0.25) is 4.79 Å². The van der Waals surface area contributed by atoms with Gasteiger partial charge in [0.1, 0.15) is 5.01 Å². The van der Waals surface area contributed by atoms with Gasteiger partial charge < -0.3 is 4.74 Å². The zero-order valence-electron chi connectivity index (χ0n) is 11.2. The molecule has 0 fully saturated rings. The van der Waals surface area contributed by atoms with Crippen LogP contribution in [-0.4, -0.2) is 17.6 Å². The van der Waals surface area contributed by atoms with Crippen molar-refractivity contribution in [3.63, 3.8) is 0 Å². The smallest absolute Gasteiger partial charge is 0.311 e. The minimum atomic E-state index is -0.222. The summed E-state index contributed by atoms with van der Waals surface area (Å²) in [5.41, 5.74) is 3.18. The van der Waals surface area contributed by atoms with Crippen LogP contribution in [0.5, 0.6) is 0 Å². The number of aryl methyl sites for hydroxylation is 1. The molecule has 1 aromatic heterocycles. The number of hydrogen-bond donors (Lipinski definition) is 0. The fraction of sp³-hybridized carbons (Fsp3) is 0.333. The minimum Gasteiger partial charge on any atom is -0.466 e. The van der Waals surface area contributed by atoms with Gasteiger partial charge in [-0.2, -0.15) is 0 Å². The number of hydrogen-bond acceptors (Lipinski definition) is 4. The summed E-state index contributed by atoms with van der Waals surface area (Å²) < 4.78 is 4.92. The lowest BCUT2D eigenvalue weighted by atomic mass is 10.1. The van der Waals surface area contributed by atoms with E-state index in [1.165, 1.54) is 5.56 Å². The van der Waals surface area contributed by atoms with Gasteiger partial charge in [-0.1, -0.05) is 31.2 Å². The molecule has 2 rings (SSSR count). The van der Waals surface area contributed by atoms with Crippen molar-refractivity contribution in [3.05, 3.63) is 40.9 Å². The maximum Gasteiger partial charge on any atom is 0.311 e. The number of benzene rings is 1. The van der Waals surface area contributed by atoms with Crippen molar-refractivity contribution in [2.45, 2.75) is 26.7 Å². The quantitative estimate of drug-likeness (QED) is 0.784. The van der Waals surface area contributed by atoms with Gasteiger partial charge in [0.25, 0.3) is 0 Å². The fourth-order valence-electron chi connectivity index (χ4n) is 1.76. The predicted molar refractivity (Wildman–Crippen MR) is 77.3 cm³/mol. The van der Waals surface area contributed by atoms with Crippen LogP contribution in [0.4, 0.5) is 0 Å². The molecule has 3 nitrogen and oxygen atoms in total. The summed E-state index contributed by atoms with van der Waals surface area (Å²) in [6.07, 6.45) is 1.28. The number of esters is 1. The van der Waals surface area contributed by atoms with Crippen LogP contribution in [0.25, 0.3) is 10.6 Å². The SMILES string of the molecule is CCOC(=O)Cc1csc(-c2ccc(CC)cc2)n1. The zero-order valence-corrected chi connectivity index (χ0v) is 12.0. The average molecular weight is 275 g/mol. The molecule has 0 spiro atoms. The first-order valence-corrected chi connectivity index (χ1v) is 7.30. The maximum atomic E-state index is 11.4. The van der Waals surface area contributed by atoms with Crippen LogP contribution < -0.4 is 0 Å². The molecule has 0 bridgehead atoms. The molecular formula is C15H17NO2S. The maximum absolute atomic E-state index is 11.4. The molecule has 19 heavy (non-hydrogen) atoms. The summed E-state index contributed by atoms with van der Waals surface area (Å²) in [6, 6.07) is 8.38. The molecule has 100 valence electrons. The van der Waals surface area contributed by atoms with E-state index in [4.69, 9.17) is 4.74 Å². The molecule has 4 heteroatoms. The van der Waals surface area contributed by atoms with Crippen LogP contribution in [0, 0.1) is 0 Å². The Balaban J connectivity index is 2.09. The van der Waals surface area contributed by atoms with E-state index in [-0.39, 0.29) is 12.4 Å². The number of aromatic nitrogens is 1. The molecule has 0 N–H and O–H groups in total. The summed E-state index contributed by atoms with van der Waals surface area (Å²) in [4.78, 5) is 15.9. The van der Waals surface area contributed by atoms with E-state index < -0.39 is 0 Å². The van der Waals surface area contributed by atoms with E-state index >= 15 is 0 Å².